The van der Waals surface area contributed by atoms with E-state index in [1.165, 1.54) is 6.07 Å². The minimum atomic E-state index is -1.01. The van der Waals surface area contributed by atoms with Crippen LogP contribution in [0.25, 0.3) is 0 Å². The summed E-state index contributed by atoms with van der Waals surface area (Å²) in [5, 5.41) is 12.6. The van der Waals surface area contributed by atoms with Crippen molar-refractivity contribution in [1.29, 1.82) is 0 Å². The summed E-state index contributed by atoms with van der Waals surface area (Å²) in [7, 11) is 0. The van der Waals surface area contributed by atoms with E-state index in [9.17, 15) is 14.7 Å². The summed E-state index contributed by atoms with van der Waals surface area (Å²) in [6, 6.07) is 4.79. The number of carbonyl (C=O) groups excluding carboxylic acids is 1. The van der Waals surface area contributed by atoms with Gasteiger partial charge in [-0.25, -0.2) is 9.78 Å². The lowest BCUT2D eigenvalue weighted by Crippen LogP contribution is -2.49. The van der Waals surface area contributed by atoms with E-state index in [0.29, 0.717) is 24.6 Å². The fraction of sp³-hybridized carbons (Fsp3) is 0.500. The number of primary amides is 1. The summed E-state index contributed by atoms with van der Waals surface area (Å²) in [6.45, 7) is 2.05. The molecule has 1 heterocycles. The van der Waals surface area contributed by atoms with Gasteiger partial charge in [0.1, 0.15) is 17.1 Å². The Hall–Kier alpha value is -2.11. The molecule has 0 bridgehead atoms. The summed E-state index contributed by atoms with van der Waals surface area (Å²) < 4.78 is 0. The Morgan fingerprint density at radius 2 is 2.25 bits per heavy atom. The molecule has 2 rings (SSSR count). The number of nitrogens with one attached hydrogen (secondary N) is 1. The first-order valence-electron chi connectivity index (χ1n) is 6.71. The first kappa shape index (κ1) is 14.3. The van der Waals surface area contributed by atoms with Crippen molar-refractivity contribution in [2.75, 3.05) is 5.32 Å². The number of carboxylic acid groups (broad SMARTS) is 1. The molecule has 0 aromatic carbocycles. The van der Waals surface area contributed by atoms with E-state index in [-0.39, 0.29) is 5.69 Å². The third-order valence-electron chi connectivity index (χ3n) is 3.78. The third kappa shape index (κ3) is 2.89. The minimum Gasteiger partial charge on any atom is -0.480 e. The molecule has 1 aliphatic rings. The van der Waals surface area contributed by atoms with Crippen molar-refractivity contribution in [2.24, 2.45) is 11.7 Å². The SMILES string of the molecule is CC1CCCC(Nc2cccc(C(N)=O)n2)(C(=O)O)C1. The Balaban J connectivity index is 2.26. The number of pyridine rings is 1. The molecule has 1 fully saturated rings. The molecule has 1 aliphatic carbocycles. The maximum absolute atomic E-state index is 11.7. The van der Waals surface area contributed by atoms with Gasteiger partial charge in [0.15, 0.2) is 0 Å². The van der Waals surface area contributed by atoms with Crippen LogP contribution in [-0.4, -0.2) is 27.5 Å². The summed E-state index contributed by atoms with van der Waals surface area (Å²) in [6.07, 6.45) is 2.99. The Morgan fingerprint density at radius 1 is 1.50 bits per heavy atom. The molecule has 108 valence electrons. The number of aromatic nitrogens is 1. The number of nitrogens with two attached hydrogens (primary N) is 1. The van der Waals surface area contributed by atoms with Crippen LogP contribution in [0, 0.1) is 5.92 Å². The summed E-state index contributed by atoms with van der Waals surface area (Å²) in [4.78, 5) is 26.9. The van der Waals surface area contributed by atoms with Crippen LogP contribution in [-0.2, 0) is 4.79 Å². The summed E-state index contributed by atoms with van der Waals surface area (Å²) >= 11 is 0. The van der Waals surface area contributed by atoms with Gasteiger partial charge in [-0.15, -0.1) is 0 Å². The smallest absolute Gasteiger partial charge is 0.329 e. The predicted molar refractivity (Wildman–Crippen MR) is 74.4 cm³/mol. The highest BCUT2D eigenvalue weighted by atomic mass is 16.4. The fourth-order valence-corrected chi connectivity index (χ4v) is 2.80. The van der Waals surface area contributed by atoms with E-state index < -0.39 is 17.4 Å². The Kier molecular flexibility index (Phi) is 3.92. The van der Waals surface area contributed by atoms with Crippen LogP contribution in [0.2, 0.25) is 0 Å². The Labute approximate surface area is 117 Å². The second-order valence-electron chi connectivity index (χ2n) is 5.49. The van der Waals surface area contributed by atoms with Crippen LogP contribution in [0.15, 0.2) is 18.2 Å². The van der Waals surface area contributed by atoms with Crippen LogP contribution < -0.4 is 11.1 Å². The number of carboxylic acids is 1. The lowest BCUT2D eigenvalue weighted by Gasteiger charge is -2.37. The van der Waals surface area contributed by atoms with E-state index in [1.807, 2.05) is 6.92 Å². The highest BCUT2D eigenvalue weighted by Gasteiger charge is 2.42. The van der Waals surface area contributed by atoms with Crippen molar-refractivity contribution in [1.82, 2.24) is 4.98 Å². The van der Waals surface area contributed by atoms with Crippen molar-refractivity contribution in [3.8, 4) is 0 Å². The topological polar surface area (TPSA) is 105 Å². The van der Waals surface area contributed by atoms with Crippen LogP contribution >= 0.6 is 0 Å². The van der Waals surface area contributed by atoms with Gasteiger partial charge in [-0.2, -0.15) is 0 Å². The molecule has 2 unspecified atom stereocenters. The van der Waals surface area contributed by atoms with Crippen LogP contribution in [0.3, 0.4) is 0 Å². The molecular formula is C14H19N3O3. The molecule has 20 heavy (non-hydrogen) atoms. The molecule has 4 N–H and O–H groups in total. The van der Waals surface area contributed by atoms with Gasteiger partial charge < -0.3 is 16.2 Å². The average molecular weight is 277 g/mol. The average Bonchev–Trinajstić information content (AvgIpc) is 2.38. The van der Waals surface area contributed by atoms with Crippen LogP contribution in [0.1, 0.15) is 43.1 Å². The highest BCUT2D eigenvalue weighted by Crippen LogP contribution is 2.35. The summed E-state index contributed by atoms with van der Waals surface area (Å²) in [5.74, 6) is -0.796. The maximum atomic E-state index is 11.7. The molecule has 1 amide bonds. The molecule has 1 aromatic heterocycles. The Morgan fingerprint density at radius 3 is 2.85 bits per heavy atom. The lowest BCUT2D eigenvalue weighted by atomic mass is 9.76. The highest BCUT2D eigenvalue weighted by molar-refractivity contribution is 5.91. The van der Waals surface area contributed by atoms with Gasteiger partial charge in [0, 0.05) is 0 Å². The van der Waals surface area contributed by atoms with E-state index in [0.717, 1.165) is 12.8 Å². The van der Waals surface area contributed by atoms with Crippen molar-refractivity contribution < 1.29 is 14.7 Å². The van der Waals surface area contributed by atoms with Crippen LogP contribution in [0.5, 0.6) is 0 Å². The number of rotatable bonds is 4. The maximum Gasteiger partial charge on any atom is 0.329 e. The van der Waals surface area contributed by atoms with E-state index >= 15 is 0 Å². The van der Waals surface area contributed by atoms with E-state index in [4.69, 9.17) is 5.73 Å². The third-order valence-corrected chi connectivity index (χ3v) is 3.78. The van der Waals surface area contributed by atoms with Gasteiger partial charge in [-0.1, -0.05) is 25.8 Å². The van der Waals surface area contributed by atoms with Crippen LogP contribution in [0.4, 0.5) is 5.82 Å². The van der Waals surface area contributed by atoms with Gasteiger partial charge in [0.25, 0.3) is 5.91 Å². The molecule has 1 saturated carbocycles. The summed E-state index contributed by atoms with van der Waals surface area (Å²) in [5.41, 5.74) is 4.30. The van der Waals surface area contributed by atoms with Gasteiger partial charge in [-0.3, -0.25) is 4.79 Å². The van der Waals surface area contributed by atoms with Gasteiger partial charge >= 0.3 is 5.97 Å². The normalized spacial score (nSPS) is 25.9. The monoisotopic (exact) mass is 277 g/mol. The zero-order chi connectivity index (χ0) is 14.8. The molecular weight excluding hydrogens is 258 g/mol. The Bertz CT molecular complexity index is 532. The number of hydrogen-bond donors (Lipinski definition) is 3. The van der Waals surface area contributed by atoms with Crippen molar-refractivity contribution in [3.05, 3.63) is 23.9 Å². The second kappa shape index (κ2) is 5.48. The molecule has 6 nitrogen and oxygen atoms in total. The van der Waals surface area contributed by atoms with E-state index in [1.54, 1.807) is 12.1 Å². The minimum absolute atomic E-state index is 0.124. The molecule has 6 heteroatoms. The predicted octanol–water partition coefficient (Wildman–Crippen LogP) is 1.63. The molecule has 0 aliphatic heterocycles. The number of amides is 1. The number of hydrogen-bond acceptors (Lipinski definition) is 4. The van der Waals surface area contributed by atoms with Crippen molar-refractivity contribution >= 4 is 17.7 Å². The quantitative estimate of drug-likeness (QED) is 0.775. The second-order valence-corrected chi connectivity index (χ2v) is 5.49. The zero-order valence-electron chi connectivity index (χ0n) is 11.4. The van der Waals surface area contributed by atoms with E-state index in [2.05, 4.69) is 10.3 Å². The largest absolute Gasteiger partial charge is 0.480 e. The number of aliphatic carboxylic acids is 1. The zero-order valence-corrected chi connectivity index (χ0v) is 11.4. The fourth-order valence-electron chi connectivity index (χ4n) is 2.80. The molecule has 2 atom stereocenters. The first-order chi connectivity index (χ1) is 9.43. The van der Waals surface area contributed by atoms with Gasteiger partial charge in [0.2, 0.25) is 0 Å². The standard InChI is InChI=1S/C14H19N3O3/c1-9-4-3-7-14(8-9,13(19)20)17-11-6-2-5-10(16-11)12(15)18/h2,5-6,9H,3-4,7-8H2,1H3,(H2,15,18)(H,16,17)(H,19,20). The molecule has 0 saturated heterocycles. The molecule has 0 spiro atoms. The first-order valence-corrected chi connectivity index (χ1v) is 6.71. The number of nitrogens with zero attached hydrogens (tertiary/aromatic N) is 1. The lowest BCUT2D eigenvalue weighted by molar-refractivity contribution is -0.144. The molecule has 1 aromatic rings. The number of carbonyl (C=O) groups is 2. The van der Waals surface area contributed by atoms with Crippen molar-refractivity contribution in [2.45, 2.75) is 38.1 Å². The van der Waals surface area contributed by atoms with Crippen molar-refractivity contribution in [3.63, 3.8) is 0 Å². The van der Waals surface area contributed by atoms with Gasteiger partial charge in [0.05, 0.1) is 0 Å². The number of anilines is 1. The van der Waals surface area contributed by atoms with Gasteiger partial charge in [-0.05, 0) is 30.9 Å². The molecule has 0 radical (unpaired) electrons.